The van der Waals surface area contributed by atoms with E-state index in [1.807, 2.05) is 24.8 Å². The minimum Gasteiger partial charge on any atom is -0.268 e. The molecular formula is C18H24N2O2S. The van der Waals surface area contributed by atoms with Gasteiger partial charge in [0.1, 0.15) is 0 Å². The van der Waals surface area contributed by atoms with Crippen molar-refractivity contribution in [2.45, 2.75) is 44.2 Å². The van der Waals surface area contributed by atoms with E-state index in [0.29, 0.717) is 11.2 Å². The van der Waals surface area contributed by atoms with Crippen molar-refractivity contribution in [2.24, 2.45) is 5.92 Å². The lowest BCUT2D eigenvalue weighted by Crippen LogP contribution is -2.48. The van der Waals surface area contributed by atoms with E-state index in [0.717, 1.165) is 17.2 Å². The fourth-order valence-electron chi connectivity index (χ4n) is 2.46. The van der Waals surface area contributed by atoms with Gasteiger partial charge in [0.25, 0.3) is 11.8 Å². The lowest BCUT2D eigenvalue weighted by molar-refractivity contribution is -0.141. The van der Waals surface area contributed by atoms with Gasteiger partial charge in [-0.1, -0.05) is 44.2 Å². The normalized spacial score (nSPS) is 17.1. The largest absolute Gasteiger partial charge is 0.268 e. The van der Waals surface area contributed by atoms with Crippen molar-refractivity contribution in [3.05, 3.63) is 48.0 Å². The molecule has 1 aromatic rings. The zero-order valence-corrected chi connectivity index (χ0v) is 14.7. The molecule has 2 unspecified atom stereocenters. The molecule has 4 nitrogen and oxygen atoms in total. The van der Waals surface area contributed by atoms with E-state index in [-0.39, 0.29) is 17.9 Å². The summed E-state index contributed by atoms with van der Waals surface area (Å²) < 4.78 is 0. The second-order valence-electron chi connectivity index (χ2n) is 6.19. The number of rotatable bonds is 8. The van der Waals surface area contributed by atoms with E-state index in [2.05, 4.69) is 43.5 Å². The Labute approximate surface area is 142 Å². The molecule has 1 aliphatic rings. The Hall–Kier alpha value is -1.59. The number of imide groups is 1. The van der Waals surface area contributed by atoms with Gasteiger partial charge in [0.05, 0.1) is 0 Å². The maximum absolute atomic E-state index is 11.6. The minimum atomic E-state index is -0.292. The van der Waals surface area contributed by atoms with Gasteiger partial charge in [-0.15, -0.1) is 0 Å². The van der Waals surface area contributed by atoms with Crippen LogP contribution in [0.1, 0.15) is 32.8 Å². The fourth-order valence-corrected chi connectivity index (χ4v) is 3.87. The maximum Gasteiger partial charge on any atom is 0.268 e. The third-order valence-corrected chi connectivity index (χ3v) is 5.46. The monoisotopic (exact) mass is 332 g/mol. The first-order valence-electron chi connectivity index (χ1n) is 7.95. The molecule has 1 aromatic carbocycles. The first-order valence-corrected chi connectivity index (χ1v) is 9.00. The molecule has 0 bridgehead atoms. The van der Waals surface area contributed by atoms with Crippen LogP contribution in [0.5, 0.6) is 0 Å². The zero-order valence-electron chi connectivity index (χ0n) is 13.9. The van der Waals surface area contributed by atoms with E-state index in [1.54, 1.807) is 0 Å². The van der Waals surface area contributed by atoms with Crippen molar-refractivity contribution in [3.8, 4) is 0 Å². The molecule has 1 N–H and O–H groups in total. The van der Waals surface area contributed by atoms with Crippen molar-refractivity contribution >= 4 is 23.6 Å². The van der Waals surface area contributed by atoms with Gasteiger partial charge in [-0.05, 0) is 24.8 Å². The summed E-state index contributed by atoms with van der Waals surface area (Å²) in [6.07, 6.45) is 3.49. The Bertz CT molecular complexity index is 554. The van der Waals surface area contributed by atoms with Gasteiger partial charge in [0, 0.05) is 29.2 Å². The number of amides is 2. The van der Waals surface area contributed by atoms with Crippen molar-refractivity contribution in [3.63, 3.8) is 0 Å². The third-order valence-electron chi connectivity index (χ3n) is 3.80. The maximum atomic E-state index is 11.6. The second-order valence-corrected chi connectivity index (χ2v) is 7.42. The number of thioether (sulfide) groups is 1. The van der Waals surface area contributed by atoms with Crippen LogP contribution < -0.4 is 5.43 Å². The summed E-state index contributed by atoms with van der Waals surface area (Å²) in [7, 11) is 0. The lowest BCUT2D eigenvalue weighted by atomic mass is 10.0. The molecule has 0 aliphatic carbocycles. The van der Waals surface area contributed by atoms with Crippen molar-refractivity contribution in [1.82, 2.24) is 10.4 Å². The number of hydrogen-bond donors (Lipinski definition) is 1. The Balaban J connectivity index is 1.86. The summed E-state index contributed by atoms with van der Waals surface area (Å²) in [5, 5.41) is 1.56. The SMILES string of the molecule is CC(CC(SCc1ccccc1)C(C)C)NN1C(=O)C=CC1=O. The summed E-state index contributed by atoms with van der Waals surface area (Å²) in [6, 6.07) is 10.5. The van der Waals surface area contributed by atoms with Crippen LogP contribution in [-0.4, -0.2) is 28.1 Å². The van der Waals surface area contributed by atoms with Crippen LogP contribution in [-0.2, 0) is 15.3 Å². The summed E-state index contributed by atoms with van der Waals surface area (Å²) in [5.74, 6) is 0.912. The molecule has 1 aliphatic heterocycles. The minimum absolute atomic E-state index is 0.0541. The van der Waals surface area contributed by atoms with Crippen LogP contribution in [0.2, 0.25) is 0 Å². The van der Waals surface area contributed by atoms with Gasteiger partial charge in [0.2, 0.25) is 0 Å². The molecule has 5 heteroatoms. The Morgan fingerprint density at radius 3 is 2.22 bits per heavy atom. The Morgan fingerprint density at radius 1 is 1.04 bits per heavy atom. The molecule has 2 amide bonds. The molecule has 2 atom stereocenters. The number of carbonyl (C=O) groups is 2. The van der Waals surface area contributed by atoms with Gasteiger partial charge in [-0.2, -0.15) is 11.8 Å². The number of benzene rings is 1. The Morgan fingerprint density at radius 2 is 1.65 bits per heavy atom. The van der Waals surface area contributed by atoms with Crippen LogP contribution in [0, 0.1) is 5.92 Å². The highest BCUT2D eigenvalue weighted by atomic mass is 32.2. The van der Waals surface area contributed by atoms with Gasteiger partial charge < -0.3 is 0 Å². The highest BCUT2D eigenvalue weighted by molar-refractivity contribution is 7.99. The van der Waals surface area contributed by atoms with Gasteiger partial charge in [-0.25, -0.2) is 10.4 Å². The summed E-state index contributed by atoms with van der Waals surface area (Å²) >= 11 is 1.93. The highest BCUT2D eigenvalue weighted by Gasteiger charge is 2.26. The quantitative estimate of drug-likeness (QED) is 0.743. The van der Waals surface area contributed by atoms with Crippen molar-refractivity contribution < 1.29 is 9.59 Å². The third kappa shape index (κ3) is 5.22. The predicted molar refractivity (Wildman–Crippen MR) is 94.6 cm³/mol. The summed E-state index contributed by atoms with van der Waals surface area (Å²) in [5.41, 5.74) is 4.34. The molecule has 0 saturated carbocycles. The molecule has 0 saturated heterocycles. The molecule has 0 aromatic heterocycles. The van der Waals surface area contributed by atoms with Crippen LogP contribution >= 0.6 is 11.8 Å². The van der Waals surface area contributed by atoms with Crippen LogP contribution in [0.25, 0.3) is 0 Å². The molecule has 2 rings (SSSR count). The number of carbonyl (C=O) groups excluding carboxylic acids is 2. The van der Waals surface area contributed by atoms with Crippen LogP contribution in [0.3, 0.4) is 0 Å². The van der Waals surface area contributed by atoms with Gasteiger partial charge in [0.15, 0.2) is 0 Å². The van der Waals surface area contributed by atoms with Crippen LogP contribution in [0.4, 0.5) is 0 Å². The van der Waals surface area contributed by atoms with E-state index in [4.69, 9.17) is 0 Å². The lowest BCUT2D eigenvalue weighted by Gasteiger charge is -2.27. The first-order chi connectivity index (χ1) is 11.0. The fraction of sp³-hybridized carbons (Fsp3) is 0.444. The molecule has 0 fully saturated rings. The summed E-state index contributed by atoms with van der Waals surface area (Å²) in [4.78, 5) is 23.2. The van der Waals surface area contributed by atoms with Gasteiger partial charge >= 0.3 is 0 Å². The van der Waals surface area contributed by atoms with Crippen molar-refractivity contribution in [1.29, 1.82) is 0 Å². The second kappa shape index (κ2) is 8.31. The topological polar surface area (TPSA) is 49.4 Å². The average molecular weight is 332 g/mol. The first kappa shape index (κ1) is 17.8. The molecular weight excluding hydrogens is 308 g/mol. The van der Waals surface area contributed by atoms with E-state index in [9.17, 15) is 9.59 Å². The number of nitrogens with one attached hydrogen (secondary N) is 1. The molecule has 0 spiro atoms. The Kier molecular flexibility index (Phi) is 6.42. The zero-order chi connectivity index (χ0) is 16.8. The number of hydrogen-bond acceptors (Lipinski definition) is 4. The predicted octanol–water partition coefficient (Wildman–Crippen LogP) is 3.15. The average Bonchev–Trinajstić information content (AvgIpc) is 2.84. The smallest absolute Gasteiger partial charge is 0.268 e. The molecule has 23 heavy (non-hydrogen) atoms. The van der Waals surface area contributed by atoms with E-state index >= 15 is 0 Å². The highest BCUT2D eigenvalue weighted by Crippen LogP contribution is 2.27. The standard InChI is InChI=1S/C18H24N2O2S/c1-13(2)16(23-12-15-7-5-4-6-8-15)11-14(3)19-20-17(21)9-10-18(20)22/h4-10,13-14,16,19H,11-12H2,1-3H3. The van der Waals surface area contributed by atoms with E-state index < -0.39 is 0 Å². The number of nitrogens with zero attached hydrogens (tertiary/aromatic N) is 1. The van der Waals surface area contributed by atoms with E-state index in [1.165, 1.54) is 17.7 Å². The number of hydrazine groups is 1. The molecule has 0 radical (unpaired) electrons. The van der Waals surface area contributed by atoms with Crippen LogP contribution in [0.15, 0.2) is 42.5 Å². The van der Waals surface area contributed by atoms with Crippen molar-refractivity contribution in [2.75, 3.05) is 0 Å². The summed E-state index contributed by atoms with van der Waals surface area (Å²) in [6.45, 7) is 6.43. The molecule has 124 valence electrons. The van der Waals surface area contributed by atoms with Gasteiger partial charge in [-0.3, -0.25) is 9.59 Å². The molecule has 1 heterocycles.